The molecule has 0 saturated carbocycles. The van der Waals surface area contributed by atoms with Crippen LogP contribution in [0.2, 0.25) is 0 Å². The van der Waals surface area contributed by atoms with Crippen molar-refractivity contribution in [1.82, 2.24) is 4.90 Å². The molecule has 0 spiro atoms. The molecule has 1 heterocycles. The monoisotopic (exact) mass is 243 g/mol. The highest BCUT2D eigenvalue weighted by Crippen LogP contribution is 2.29. The number of amides is 1. The van der Waals surface area contributed by atoms with Gasteiger partial charge in [-0.25, -0.2) is 4.79 Å². The summed E-state index contributed by atoms with van der Waals surface area (Å²) in [7, 11) is 0. The fourth-order valence-electron chi connectivity index (χ4n) is 1.82. The van der Waals surface area contributed by atoms with Gasteiger partial charge >= 0.3 is 12.1 Å². The Hall–Kier alpha value is -1.59. The zero-order chi connectivity index (χ0) is 13.1. The molecule has 1 N–H and O–H groups in total. The third-order valence-electron chi connectivity index (χ3n) is 3.10. The molecule has 17 heavy (non-hydrogen) atoms. The van der Waals surface area contributed by atoms with Gasteiger partial charge in [-0.15, -0.1) is 0 Å². The molecule has 1 fully saturated rings. The van der Waals surface area contributed by atoms with Crippen molar-refractivity contribution in [3.63, 3.8) is 0 Å². The van der Waals surface area contributed by atoms with E-state index >= 15 is 0 Å². The van der Waals surface area contributed by atoms with Gasteiger partial charge in [-0.3, -0.25) is 9.59 Å². The van der Waals surface area contributed by atoms with Crippen LogP contribution in [0.5, 0.6) is 0 Å². The van der Waals surface area contributed by atoms with Crippen molar-refractivity contribution in [3.8, 4) is 0 Å². The number of hydrogen-bond acceptors (Lipinski definition) is 4. The van der Waals surface area contributed by atoms with Gasteiger partial charge in [-0.1, -0.05) is 0 Å². The van der Waals surface area contributed by atoms with Gasteiger partial charge in [-0.05, 0) is 20.3 Å². The van der Waals surface area contributed by atoms with E-state index in [4.69, 9.17) is 9.84 Å². The van der Waals surface area contributed by atoms with Gasteiger partial charge in [0.2, 0.25) is 0 Å². The number of ketones is 1. The summed E-state index contributed by atoms with van der Waals surface area (Å²) in [6, 6.07) is 0. The Morgan fingerprint density at radius 1 is 1.47 bits per heavy atom. The third-order valence-corrected chi connectivity index (χ3v) is 3.10. The topological polar surface area (TPSA) is 83.9 Å². The smallest absolute Gasteiger partial charge is 0.407 e. The molecule has 1 aliphatic rings. The molecule has 6 heteroatoms. The Bertz CT molecular complexity index is 341. The predicted octanol–water partition coefficient (Wildman–Crippen LogP) is 0.899. The van der Waals surface area contributed by atoms with E-state index in [9.17, 15) is 14.4 Å². The summed E-state index contributed by atoms with van der Waals surface area (Å²) in [6.45, 7) is 3.73. The molecule has 1 atom stereocenters. The number of ether oxygens (including phenoxy) is 1. The van der Waals surface area contributed by atoms with E-state index in [-0.39, 0.29) is 38.3 Å². The van der Waals surface area contributed by atoms with Gasteiger partial charge in [0, 0.05) is 19.5 Å². The first kappa shape index (κ1) is 13.5. The minimum Gasteiger partial charge on any atom is -0.465 e. The number of rotatable bonds is 2. The van der Waals surface area contributed by atoms with Crippen molar-refractivity contribution in [1.29, 1.82) is 0 Å². The van der Waals surface area contributed by atoms with Crippen molar-refractivity contribution < 1.29 is 24.2 Å². The second-order valence-corrected chi connectivity index (χ2v) is 4.25. The van der Waals surface area contributed by atoms with Crippen molar-refractivity contribution in [2.45, 2.75) is 26.7 Å². The third kappa shape index (κ3) is 2.75. The molecule has 1 aliphatic heterocycles. The van der Waals surface area contributed by atoms with Crippen LogP contribution in [0.4, 0.5) is 4.79 Å². The predicted molar refractivity (Wildman–Crippen MR) is 58.6 cm³/mol. The number of Topliss-reactive ketones (excluding diaryl/α,β-unsaturated/α-hetero) is 1. The molecular weight excluding hydrogens is 226 g/mol. The van der Waals surface area contributed by atoms with Gasteiger partial charge in [0.25, 0.3) is 0 Å². The minimum atomic E-state index is -1.21. The largest absolute Gasteiger partial charge is 0.465 e. The summed E-state index contributed by atoms with van der Waals surface area (Å²) in [5.41, 5.74) is -1.21. The van der Waals surface area contributed by atoms with Crippen LogP contribution in [0.25, 0.3) is 0 Å². The Balaban J connectivity index is 2.83. The number of likely N-dealkylation sites (tertiary alicyclic amines) is 1. The van der Waals surface area contributed by atoms with Crippen molar-refractivity contribution >= 4 is 17.8 Å². The Labute approximate surface area is 99.5 Å². The van der Waals surface area contributed by atoms with Crippen LogP contribution in [0.15, 0.2) is 0 Å². The molecule has 0 aliphatic carbocycles. The maximum absolute atomic E-state index is 11.9. The van der Waals surface area contributed by atoms with Crippen LogP contribution in [-0.4, -0.2) is 47.5 Å². The number of carbonyl (C=O) groups is 3. The molecule has 1 unspecified atom stereocenters. The molecule has 6 nitrogen and oxygen atoms in total. The average Bonchev–Trinajstić information content (AvgIpc) is 2.41. The summed E-state index contributed by atoms with van der Waals surface area (Å²) in [5, 5.41) is 8.86. The van der Waals surface area contributed by atoms with Crippen LogP contribution in [0.3, 0.4) is 0 Å². The lowest BCUT2D eigenvalue weighted by molar-refractivity contribution is -0.159. The number of esters is 1. The highest BCUT2D eigenvalue weighted by Gasteiger charge is 2.44. The van der Waals surface area contributed by atoms with Gasteiger partial charge in [0.1, 0.15) is 5.41 Å². The summed E-state index contributed by atoms with van der Waals surface area (Å²) in [5.74, 6) is -0.808. The standard InChI is InChI=1S/C11H17NO5/c1-3-17-9(14)11(2)5-7-12(10(15)16)6-4-8(11)13/h3-7H2,1-2H3,(H,15,16). The molecule has 0 radical (unpaired) electrons. The first-order chi connectivity index (χ1) is 7.91. The molecular formula is C11H17NO5. The lowest BCUT2D eigenvalue weighted by Crippen LogP contribution is -2.38. The maximum atomic E-state index is 11.9. The number of hydrogen-bond donors (Lipinski definition) is 1. The Morgan fingerprint density at radius 3 is 2.65 bits per heavy atom. The molecule has 0 aromatic heterocycles. The summed E-state index contributed by atoms with van der Waals surface area (Å²) in [6.07, 6.45) is -0.829. The van der Waals surface area contributed by atoms with Gasteiger partial charge < -0.3 is 14.7 Å². The van der Waals surface area contributed by atoms with Crippen LogP contribution in [0.1, 0.15) is 26.7 Å². The molecule has 1 rings (SSSR count). The van der Waals surface area contributed by atoms with Crippen LogP contribution < -0.4 is 0 Å². The number of nitrogens with zero attached hydrogens (tertiary/aromatic N) is 1. The molecule has 96 valence electrons. The first-order valence-electron chi connectivity index (χ1n) is 5.60. The van der Waals surface area contributed by atoms with Gasteiger partial charge in [0.15, 0.2) is 5.78 Å². The highest BCUT2D eigenvalue weighted by molar-refractivity contribution is 6.03. The molecule has 0 aromatic carbocycles. The van der Waals surface area contributed by atoms with Crippen LogP contribution >= 0.6 is 0 Å². The van der Waals surface area contributed by atoms with Crippen molar-refractivity contribution in [2.24, 2.45) is 5.41 Å². The average molecular weight is 243 g/mol. The highest BCUT2D eigenvalue weighted by atomic mass is 16.5. The maximum Gasteiger partial charge on any atom is 0.407 e. The quantitative estimate of drug-likeness (QED) is 0.575. The Morgan fingerprint density at radius 2 is 2.12 bits per heavy atom. The first-order valence-corrected chi connectivity index (χ1v) is 5.60. The molecule has 0 bridgehead atoms. The molecule has 1 amide bonds. The number of carboxylic acid groups (broad SMARTS) is 1. The van der Waals surface area contributed by atoms with Crippen molar-refractivity contribution in [2.75, 3.05) is 19.7 Å². The van der Waals surface area contributed by atoms with Crippen LogP contribution in [-0.2, 0) is 14.3 Å². The van der Waals surface area contributed by atoms with Crippen molar-refractivity contribution in [3.05, 3.63) is 0 Å². The minimum absolute atomic E-state index is 0.0572. The van der Waals surface area contributed by atoms with E-state index in [0.29, 0.717) is 0 Å². The summed E-state index contributed by atoms with van der Waals surface area (Å²) in [4.78, 5) is 35.6. The fourth-order valence-corrected chi connectivity index (χ4v) is 1.82. The van der Waals surface area contributed by atoms with E-state index in [1.807, 2.05) is 0 Å². The fraction of sp³-hybridized carbons (Fsp3) is 0.727. The molecule has 1 saturated heterocycles. The Kier molecular flexibility index (Phi) is 4.09. The molecule has 0 aromatic rings. The SMILES string of the molecule is CCOC(=O)C1(C)CCN(C(=O)O)CCC1=O. The van der Waals surface area contributed by atoms with E-state index in [1.54, 1.807) is 6.92 Å². The van der Waals surface area contributed by atoms with E-state index in [2.05, 4.69) is 0 Å². The normalized spacial score (nSPS) is 25.3. The second-order valence-electron chi connectivity index (χ2n) is 4.25. The lowest BCUT2D eigenvalue weighted by Gasteiger charge is -2.23. The van der Waals surface area contributed by atoms with Gasteiger partial charge in [-0.2, -0.15) is 0 Å². The van der Waals surface area contributed by atoms with Crippen LogP contribution in [0, 0.1) is 5.41 Å². The number of carbonyl (C=O) groups excluding carboxylic acids is 2. The second kappa shape index (κ2) is 5.16. The lowest BCUT2D eigenvalue weighted by atomic mass is 9.82. The van der Waals surface area contributed by atoms with E-state index < -0.39 is 17.5 Å². The zero-order valence-electron chi connectivity index (χ0n) is 10.1. The summed E-state index contributed by atoms with van der Waals surface area (Å²) >= 11 is 0. The van der Waals surface area contributed by atoms with E-state index in [0.717, 1.165) is 4.90 Å². The van der Waals surface area contributed by atoms with E-state index in [1.165, 1.54) is 6.92 Å². The zero-order valence-corrected chi connectivity index (χ0v) is 10.1. The summed E-state index contributed by atoms with van der Waals surface area (Å²) < 4.78 is 4.88. The van der Waals surface area contributed by atoms with Gasteiger partial charge in [0.05, 0.1) is 6.61 Å².